The molecule has 0 aliphatic carbocycles. The molecule has 7 heteroatoms. The number of para-hydroxylation sites is 1. The van der Waals surface area contributed by atoms with Gasteiger partial charge < -0.3 is 10.1 Å². The topological polar surface area (TPSA) is 79.9 Å². The van der Waals surface area contributed by atoms with Crippen molar-refractivity contribution in [3.05, 3.63) is 114 Å². The number of hydrogen-bond donors (Lipinski definition) is 2. The zero-order valence-corrected chi connectivity index (χ0v) is 21.9. The maximum Gasteiger partial charge on any atom is 0.252 e. The molecule has 0 fully saturated rings. The van der Waals surface area contributed by atoms with Crippen LogP contribution in [0.1, 0.15) is 34.2 Å². The molecule has 0 atom stereocenters. The van der Waals surface area contributed by atoms with Crippen molar-refractivity contribution in [2.75, 3.05) is 13.2 Å². The number of nitrogens with zero attached hydrogens (tertiary/aromatic N) is 2. The number of ether oxygens (including phenoxy) is 1. The molecule has 0 aliphatic heterocycles. The zero-order chi connectivity index (χ0) is 26.2. The second-order valence-electron chi connectivity index (χ2n) is 8.55. The number of H-pyrrole nitrogens is 1. The summed E-state index contributed by atoms with van der Waals surface area (Å²) < 4.78 is 5.70. The minimum absolute atomic E-state index is 0.0912. The van der Waals surface area contributed by atoms with E-state index in [1.807, 2.05) is 85.8 Å². The van der Waals surface area contributed by atoms with Gasteiger partial charge in [-0.25, -0.2) is 0 Å². The van der Waals surface area contributed by atoms with Crippen LogP contribution in [0.25, 0.3) is 23.1 Å². The van der Waals surface area contributed by atoms with Gasteiger partial charge in [-0.1, -0.05) is 48.2 Å². The lowest BCUT2D eigenvalue weighted by molar-refractivity contribution is 0.0951. The van der Waals surface area contributed by atoms with Crippen LogP contribution in [0.4, 0.5) is 0 Å². The molecule has 0 saturated carbocycles. The lowest BCUT2D eigenvalue weighted by Gasteiger charge is -2.12. The Labute approximate surface area is 226 Å². The molecule has 1 amide bonds. The predicted octanol–water partition coefficient (Wildman–Crippen LogP) is 6.65. The first-order valence-electron chi connectivity index (χ1n) is 12.5. The second kappa shape index (κ2) is 12.3. The molecular weight excluding hydrogens is 492 g/mol. The summed E-state index contributed by atoms with van der Waals surface area (Å²) in [4.78, 5) is 19.3. The average Bonchev–Trinajstić information content (AvgIpc) is 3.36. The SMILES string of the molecule is CCOc1ccccc1CCNC(=O)c1ccccc1Sc1ccc2c(/C=C/c3ccccn3)n[nH]c2c1. The van der Waals surface area contributed by atoms with Crippen molar-refractivity contribution >= 4 is 40.7 Å². The summed E-state index contributed by atoms with van der Waals surface area (Å²) in [6.07, 6.45) is 6.37. The highest BCUT2D eigenvalue weighted by Gasteiger charge is 2.13. The Balaban J connectivity index is 1.26. The molecule has 6 nitrogen and oxygen atoms in total. The Bertz CT molecular complexity index is 1560. The smallest absolute Gasteiger partial charge is 0.252 e. The quantitative estimate of drug-likeness (QED) is 0.215. The number of fused-ring (bicyclic) bond motifs is 1. The monoisotopic (exact) mass is 520 g/mol. The van der Waals surface area contributed by atoms with Crippen molar-refractivity contribution in [2.45, 2.75) is 23.1 Å². The van der Waals surface area contributed by atoms with Gasteiger partial charge in [0, 0.05) is 27.9 Å². The minimum atomic E-state index is -0.0912. The minimum Gasteiger partial charge on any atom is -0.494 e. The van der Waals surface area contributed by atoms with E-state index in [2.05, 4.69) is 38.7 Å². The predicted molar refractivity (Wildman–Crippen MR) is 153 cm³/mol. The van der Waals surface area contributed by atoms with Crippen LogP contribution < -0.4 is 10.1 Å². The maximum atomic E-state index is 13.1. The second-order valence-corrected chi connectivity index (χ2v) is 9.66. The van der Waals surface area contributed by atoms with Crippen LogP contribution in [0, 0.1) is 0 Å². The summed E-state index contributed by atoms with van der Waals surface area (Å²) in [5, 5.41) is 11.7. The molecule has 0 aliphatic rings. The van der Waals surface area contributed by atoms with Gasteiger partial charge in [-0.2, -0.15) is 5.10 Å². The van der Waals surface area contributed by atoms with Gasteiger partial charge in [0.05, 0.1) is 29.1 Å². The van der Waals surface area contributed by atoms with Gasteiger partial charge >= 0.3 is 0 Å². The van der Waals surface area contributed by atoms with Crippen LogP contribution >= 0.6 is 11.8 Å². The van der Waals surface area contributed by atoms with E-state index in [4.69, 9.17) is 4.74 Å². The summed E-state index contributed by atoms with van der Waals surface area (Å²) in [6, 6.07) is 27.6. The van der Waals surface area contributed by atoms with Gasteiger partial charge in [0.15, 0.2) is 0 Å². The van der Waals surface area contributed by atoms with Gasteiger partial charge in [0.25, 0.3) is 5.91 Å². The van der Waals surface area contributed by atoms with Crippen LogP contribution in [0.15, 0.2) is 101 Å². The van der Waals surface area contributed by atoms with E-state index >= 15 is 0 Å². The van der Waals surface area contributed by atoms with Gasteiger partial charge in [0.2, 0.25) is 0 Å². The molecule has 0 radical (unpaired) electrons. The molecule has 3 aromatic carbocycles. The molecule has 5 rings (SSSR count). The first-order chi connectivity index (χ1) is 18.7. The highest BCUT2D eigenvalue weighted by molar-refractivity contribution is 7.99. The lowest BCUT2D eigenvalue weighted by atomic mass is 10.1. The first kappa shape index (κ1) is 25.3. The highest BCUT2D eigenvalue weighted by atomic mass is 32.2. The number of benzene rings is 3. The third-order valence-electron chi connectivity index (χ3n) is 5.98. The number of carbonyl (C=O) groups is 1. The number of nitrogens with one attached hydrogen (secondary N) is 2. The fraction of sp³-hybridized carbons (Fsp3) is 0.129. The number of pyridine rings is 1. The van der Waals surface area contributed by atoms with Crippen molar-refractivity contribution in [3.63, 3.8) is 0 Å². The Morgan fingerprint density at radius 3 is 2.71 bits per heavy atom. The average molecular weight is 521 g/mol. The number of aromatic amines is 1. The molecule has 2 heterocycles. The van der Waals surface area contributed by atoms with Crippen LogP contribution in [0.5, 0.6) is 5.75 Å². The number of carbonyl (C=O) groups excluding carboxylic acids is 1. The molecule has 190 valence electrons. The molecule has 5 aromatic rings. The zero-order valence-electron chi connectivity index (χ0n) is 21.1. The third-order valence-corrected chi connectivity index (χ3v) is 7.04. The number of amides is 1. The van der Waals surface area contributed by atoms with Gasteiger partial charge in [-0.3, -0.25) is 14.9 Å². The molecule has 0 saturated heterocycles. The normalized spacial score (nSPS) is 11.2. The van der Waals surface area contributed by atoms with E-state index in [1.165, 1.54) is 0 Å². The Hall–Kier alpha value is -4.36. The van der Waals surface area contributed by atoms with E-state index in [1.54, 1.807) is 18.0 Å². The van der Waals surface area contributed by atoms with Crippen molar-refractivity contribution < 1.29 is 9.53 Å². The third kappa shape index (κ3) is 6.12. The molecule has 0 spiro atoms. The Morgan fingerprint density at radius 1 is 1.00 bits per heavy atom. The van der Waals surface area contributed by atoms with E-state index in [0.29, 0.717) is 25.1 Å². The standard InChI is InChI=1S/C31H28N4O2S/c1-2-37-29-12-5-3-9-22(29)18-20-33-31(36)26-11-4-6-13-30(26)38-24-15-16-25-27(34-35-28(25)21-24)17-14-23-10-7-8-19-32-23/h3-17,19,21H,2,18,20H2,1H3,(H,33,36)(H,34,35)/b17-14+. The van der Waals surface area contributed by atoms with E-state index in [9.17, 15) is 4.79 Å². The largest absolute Gasteiger partial charge is 0.494 e. The van der Waals surface area contributed by atoms with Crippen molar-refractivity contribution in [3.8, 4) is 5.75 Å². The van der Waals surface area contributed by atoms with Gasteiger partial charge in [-0.15, -0.1) is 0 Å². The fourth-order valence-electron chi connectivity index (χ4n) is 4.13. The number of hydrogen-bond acceptors (Lipinski definition) is 5. The molecule has 0 unspecified atom stereocenters. The van der Waals surface area contributed by atoms with Crippen LogP contribution in [-0.2, 0) is 6.42 Å². The summed E-state index contributed by atoms with van der Waals surface area (Å²) >= 11 is 1.56. The molecule has 2 N–H and O–H groups in total. The molecule has 2 aromatic heterocycles. The van der Waals surface area contributed by atoms with E-state index < -0.39 is 0 Å². The highest BCUT2D eigenvalue weighted by Crippen LogP contribution is 2.33. The van der Waals surface area contributed by atoms with Gasteiger partial charge in [0.1, 0.15) is 5.75 Å². The lowest BCUT2D eigenvalue weighted by Crippen LogP contribution is -2.26. The first-order valence-corrected chi connectivity index (χ1v) is 13.4. The summed E-state index contributed by atoms with van der Waals surface area (Å²) in [5.74, 6) is 0.774. The number of aromatic nitrogens is 3. The van der Waals surface area contributed by atoms with Crippen molar-refractivity contribution in [1.29, 1.82) is 0 Å². The van der Waals surface area contributed by atoms with Crippen LogP contribution in [-0.4, -0.2) is 34.2 Å². The molecule has 0 bridgehead atoms. The molecule has 38 heavy (non-hydrogen) atoms. The number of rotatable bonds is 10. The van der Waals surface area contributed by atoms with E-state index in [-0.39, 0.29) is 5.91 Å². The molecular formula is C31H28N4O2S. The van der Waals surface area contributed by atoms with E-state index in [0.717, 1.165) is 43.4 Å². The Morgan fingerprint density at radius 2 is 1.84 bits per heavy atom. The Kier molecular flexibility index (Phi) is 8.16. The van der Waals surface area contributed by atoms with Crippen molar-refractivity contribution in [1.82, 2.24) is 20.5 Å². The summed E-state index contributed by atoms with van der Waals surface area (Å²) in [5.41, 5.74) is 4.40. The summed E-state index contributed by atoms with van der Waals surface area (Å²) in [7, 11) is 0. The van der Waals surface area contributed by atoms with Crippen molar-refractivity contribution in [2.24, 2.45) is 0 Å². The summed E-state index contributed by atoms with van der Waals surface area (Å²) in [6.45, 7) is 3.11. The van der Waals surface area contributed by atoms with Crippen LogP contribution in [0.2, 0.25) is 0 Å². The van der Waals surface area contributed by atoms with Crippen LogP contribution in [0.3, 0.4) is 0 Å². The van der Waals surface area contributed by atoms with Gasteiger partial charge in [-0.05, 0) is 79.6 Å². The maximum absolute atomic E-state index is 13.1. The fourth-order valence-corrected chi connectivity index (χ4v) is 5.12.